The fourth-order valence-corrected chi connectivity index (χ4v) is 1.33. The van der Waals surface area contributed by atoms with Gasteiger partial charge >= 0.3 is 0 Å². The van der Waals surface area contributed by atoms with Gasteiger partial charge in [0, 0.05) is 19.6 Å². The summed E-state index contributed by atoms with van der Waals surface area (Å²) in [6.07, 6.45) is 2.95. The fraction of sp³-hybridized carbons (Fsp3) is 0.875. The van der Waals surface area contributed by atoms with Crippen LogP contribution in [-0.4, -0.2) is 29.2 Å². The van der Waals surface area contributed by atoms with Crippen LogP contribution in [0.5, 0.6) is 0 Å². The minimum Gasteiger partial charge on any atom is -0.393 e. The first kappa shape index (κ1) is 8.02. The van der Waals surface area contributed by atoms with Crippen LogP contribution in [0.4, 0.5) is 0 Å². The number of rotatable bonds is 2. The lowest BCUT2D eigenvalue weighted by Gasteiger charge is -2.28. The van der Waals surface area contributed by atoms with Crippen molar-refractivity contribution in [1.82, 2.24) is 4.90 Å². The molecular formula is C8H16NO. The quantitative estimate of drug-likeness (QED) is 0.622. The van der Waals surface area contributed by atoms with E-state index >= 15 is 0 Å². The van der Waals surface area contributed by atoms with Gasteiger partial charge in [0.25, 0.3) is 0 Å². The molecule has 1 aliphatic rings. The van der Waals surface area contributed by atoms with Crippen molar-refractivity contribution in [2.75, 3.05) is 13.1 Å². The maximum Gasteiger partial charge on any atom is 0.0564 e. The number of piperidine rings is 1. The average molecular weight is 142 g/mol. The Morgan fingerprint density at radius 3 is 2.60 bits per heavy atom. The molecule has 1 fully saturated rings. The summed E-state index contributed by atoms with van der Waals surface area (Å²) in [5.41, 5.74) is 0. The molecule has 0 bridgehead atoms. The van der Waals surface area contributed by atoms with E-state index in [0.717, 1.165) is 32.4 Å². The van der Waals surface area contributed by atoms with E-state index in [-0.39, 0.29) is 6.10 Å². The second kappa shape index (κ2) is 3.94. The molecule has 10 heavy (non-hydrogen) atoms. The largest absolute Gasteiger partial charge is 0.393 e. The zero-order valence-corrected chi connectivity index (χ0v) is 6.58. The van der Waals surface area contributed by atoms with Crippen molar-refractivity contribution in [2.24, 2.45) is 0 Å². The molecule has 1 N–H and O–H groups in total. The van der Waals surface area contributed by atoms with Gasteiger partial charge in [-0.3, -0.25) is 4.90 Å². The fourth-order valence-electron chi connectivity index (χ4n) is 1.33. The van der Waals surface area contributed by atoms with Crippen LogP contribution in [0.3, 0.4) is 0 Å². The molecule has 1 radical (unpaired) electrons. The predicted molar refractivity (Wildman–Crippen MR) is 41.4 cm³/mol. The first-order valence-electron chi connectivity index (χ1n) is 4.08. The Bertz CT molecular complexity index is 87.3. The van der Waals surface area contributed by atoms with Gasteiger partial charge in [-0.1, -0.05) is 6.92 Å². The first-order chi connectivity index (χ1) is 4.83. The van der Waals surface area contributed by atoms with E-state index in [2.05, 4.69) is 18.4 Å². The van der Waals surface area contributed by atoms with Crippen LogP contribution in [0.25, 0.3) is 0 Å². The van der Waals surface area contributed by atoms with E-state index in [1.807, 2.05) is 0 Å². The van der Waals surface area contributed by atoms with Crippen molar-refractivity contribution in [2.45, 2.75) is 32.3 Å². The molecule has 0 amide bonds. The van der Waals surface area contributed by atoms with Gasteiger partial charge in [0.2, 0.25) is 0 Å². The molecular weight excluding hydrogens is 126 g/mol. The minimum atomic E-state index is -0.0403. The number of likely N-dealkylation sites (tertiary alicyclic amines) is 1. The Morgan fingerprint density at radius 1 is 1.50 bits per heavy atom. The van der Waals surface area contributed by atoms with E-state index < -0.39 is 0 Å². The van der Waals surface area contributed by atoms with Crippen molar-refractivity contribution >= 4 is 0 Å². The van der Waals surface area contributed by atoms with Gasteiger partial charge < -0.3 is 5.11 Å². The van der Waals surface area contributed by atoms with Gasteiger partial charge in [0.05, 0.1) is 6.10 Å². The molecule has 59 valence electrons. The van der Waals surface area contributed by atoms with Crippen LogP contribution in [0.1, 0.15) is 26.2 Å². The smallest absolute Gasteiger partial charge is 0.0564 e. The maximum atomic E-state index is 9.15. The zero-order chi connectivity index (χ0) is 7.40. The van der Waals surface area contributed by atoms with Gasteiger partial charge in [-0.15, -0.1) is 0 Å². The van der Waals surface area contributed by atoms with Crippen molar-refractivity contribution < 1.29 is 5.11 Å². The van der Waals surface area contributed by atoms with Gasteiger partial charge in [0.15, 0.2) is 0 Å². The summed E-state index contributed by atoms with van der Waals surface area (Å²) >= 11 is 0. The monoisotopic (exact) mass is 142 g/mol. The van der Waals surface area contributed by atoms with Crippen molar-refractivity contribution in [3.05, 3.63) is 6.54 Å². The molecule has 2 nitrogen and oxygen atoms in total. The molecule has 0 atom stereocenters. The number of hydrogen-bond acceptors (Lipinski definition) is 2. The van der Waals surface area contributed by atoms with Crippen LogP contribution in [0.15, 0.2) is 0 Å². The molecule has 0 aromatic carbocycles. The highest BCUT2D eigenvalue weighted by Crippen LogP contribution is 2.11. The third-order valence-corrected chi connectivity index (χ3v) is 1.94. The van der Waals surface area contributed by atoms with Crippen LogP contribution in [0, 0.1) is 6.54 Å². The highest BCUT2D eigenvalue weighted by atomic mass is 16.3. The Morgan fingerprint density at radius 2 is 2.10 bits per heavy atom. The predicted octanol–water partition coefficient (Wildman–Crippen LogP) is 1.01. The third kappa shape index (κ3) is 2.27. The standard InChI is InChI=1S/C8H16NO/c1-2-5-9-6-3-8(10)4-7-9/h5,8,10H,2-4,6-7H2,1H3. The van der Waals surface area contributed by atoms with Gasteiger partial charge in [0.1, 0.15) is 0 Å². The Balaban J connectivity index is 2.13. The van der Waals surface area contributed by atoms with Crippen molar-refractivity contribution in [3.8, 4) is 0 Å². The van der Waals surface area contributed by atoms with Crippen LogP contribution in [0.2, 0.25) is 0 Å². The summed E-state index contributed by atoms with van der Waals surface area (Å²) in [6.45, 7) is 6.43. The van der Waals surface area contributed by atoms with Crippen LogP contribution >= 0.6 is 0 Å². The second-order valence-corrected chi connectivity index (χ2v) is 2.86. The van der Waals surface area contributed by atoms with Gasteiger partial charge in [-0.25, -0.2) is 0 Å². The van der Waals surface area contributed by atoms with E-state index in [4.69, 9.17) is 5.11 Å². The van der Waals surface area contributed by atoms with Crippen molar-refractivity contribution in [1.29, 1.82) is 0 Å². The summed E-state index contributed by atoms with van der Waals surface area (Å²) in [4.78, 5) is 2.30. The van der Waals surface area contributed by atoms with Crippen molar-refractivity contribution in [3.63, 3.8) is 0 Å². The van der Waals surface area contributed by atoms with Gasteiger partial charge in [-0.05, 0) is 19.3 Å². The number of hydrogen-bond donors (Lipinski definition) is 1. The summed E-state index contributed by atoms with van der Waals surface area (Å²) in [5.74, 6) is 0. The highest BCUT2D eigenvalue weighted by molar-refractivity contribution is 4.75. The number of nitrogens with zero attached hydrogens (tertiary/aromatic N) is 1. The first-order valence-corrected chi connectivity index (χ1v) is 4.08. The van der Waals surface area contributed by atoms with E-state index in [0.29, 0.717) is 0 Å². The lowest BCUT2D eigenvalue weighted by atomic mass is 10.1. The van der Waals surface area contributed by atoms with Crippen LogP contribution in [-0.2, 0) is 0 Å². The number of aliphatic hydroxyl groups is 1. The molecule has 1 aliphatic heterocycles. The Labute approximate surface area is 62.8 Å². The molecule has 0 aromatic heterocycles. The summed E-state index contributed by atoms with van der Waals surface area (Å²) < 4.78 is 0. The molecule has 1 rings (SSSR count). The van der Waals surface area contributed by atoms with E-state index in [1.54, 1.807) is 0 Å². The topological polar surface area (TPSA) is 23.5 Å². The molecule has 0 unspecified atom stereocenters. The molecule has 0 aliphatic carbocycles. The SMILES string of the molecule is CC[CH]N1CCC(O)CC1. The van der Waals surface area contributed by atoms with E-state index in [1.165, 1.54) is 0 Å². The number of aliphatic hydroxyl groups excluding tert-OH is 1. The summed E-state index contributed by atoms with van der Waals surface area (Å²) in [7, 11) is 0. The molecule has 1 heterocycles. The van der Waals surface area contributed by atoms with Gasteiger partial charge in [-0.2, -0.15) is 0 Å². The normalized spacial score (nSPS) is 23.4. The molecule has 0 saturated carbocycles. The maximum absolute atomic E-state index is 9.15. The minimum absolute atomic E-state index is 0.0403. The lowest BCUT2D eigenvalue weighted by Crippen LogP contribution is -2.33. The zero-order valence-electron chi connectivity index (χ0n) is 6.58. The summed E-state index contributed by atoms with van der Waals surface area (Å²) in [5, 5.41) is 9.15. The Kier molecular flexibility index (Phi) is 3.16. The lowest BCUT2D eigenvalue weighted by molar-refractivity contribution is 0.0941. The van der Waals surface area contributed by atoms with E-state index in [9.17, 15) is 0 Å². The molecule has 0 aromatic rings. The molecule has 2 heteroatoms. The molecule has 1 saturated heterocycles. The third-order valence-electron chi connectivity index (χ3n) is 1.94. The average Bonchev–Trinajstić information content (AvgIpc) is 1.95. The van der Waals surface area contributed by atoms with Crippen LogP contribution < -0.4 is 0 Å². The highest BCUT2D eigenvalue weighted by Gasteiger charge is 2.15. The Hall–Kier alpha value is -0.0800. The second-order valence-electron chi connectivity index (χ2n) is 2.86. The summed E-state index contributed by atoms with van der Waals surface area (Å²) in [6, 6.07) is 0. The molecule has 0 spiro atoms.